The fraction of sp³-hybridized carbons (Fsp3) is 0.588. The quantitative estimate of drug-likeness (QED) is 0.600. The molecule has 0 amide bonds. The van der Waals surface area contributed by atoms with E-state index in [0.29, 0.717) is 13.1 Å². The number of nitrogens with one attached hydrogen (secondary N) is 2. The fourth-order valence-electron chi connectivity index (χ4n) is 1.91. The van der Waals surface area contributed by atoms with Crippen LogP contribution in [0.3, 0.4) is 0 Å². The summed E-state index contributed by atoms with van der Waals surface area (Å²) in [5.41, 5.74) is 2.06. The average Bonchev–Trinajstić information content (AvgIpc) is 2.49. The van der Waals surface area contributed by atoms with Gasteiger partial charge in [0.05, 0.1) is 19.3 Å². The van der Waals surface area contributed by atoms with Crippen molar-refractivity contribution in [1.29, 1.82) is 0 Å². The summed E-state index contributed by atoms with van der Waals surface area (Å²) in [4.78, 5) is 4.62. The highest BCUT2D eigenvalue weighted by Gasteiger charge is 2.16. The number of ether oxygens (including phenoxy) is 2. The van der Waals surface area contributed by atoms with Crippen LogP contribution in [0.1, 0.15) is 31.9 Å². The molecular formula is C17H29N3O2. The molecule has 0 heterocycles. The van der Waals surface area contributed by atoms with E-state index in [-0.39, 0.29) is 5.60 Å². The van der Waals surface area contributed by atoms with E-state index in [9.17, 15) is 0 Å². The number of rotatable bonds is 7. The SMILES string of the molecule is CCNC(=NCc1cc(C)cc(OC)c1)NCC(C)(C)OC. The molecule has 1 rings (SSSR count). The molecule has 0 radical (unpaired) electrons. The fourth-order valence-corrected chi connectivity index (χ4v) is 1.91. The maximum Gasteiger partial charge on any atom is 0.191 e. The van der Waals surface area contributed by atoms with E-state index in [4.69, 9.17) is 9.47 Å². The van der Waals surface area contributed by atoms with Crippen LogP contribution < -0.4 is 15.4 Å². The highest BCUT2D eigenvalue weighted by Crippen LogP contribution is 2.17. The number of benzene rings is 1. The van der Waals surface area contributed by atoms with Gasteiger partial charge in [-0.3, -0.25) is 0 Å². The molecule has 2 N–H and O–H groups in total. The summed E-state index contributed by atoms with van der Waals surface area (Å²) in [6, 6.07) is 6.14. The summed E-state index contributed by atoms with van der Waals surface area (Å²) < 4.78 is 10.7. The number of hydrogen-bond donors (Lipinski definition) is 2. The first-order valence-electron chi connectivity index (χ1n) is 7.62. The molecule has 5 nitrogen and oxygen atoms in total. The zero-order chi connectivity index (χ0) is 16.6. The number of nitrogens with zero attached hydrogens (tertiary/aromatic N) is 1. The van der Waals surface area contributed by atoms with Crippen LogP contribution in [-0.2, 0) is 11.3 Å². The van der Waals surface area contributed by atoms with Crippen LogP contribution in [0.4, 0.5) is 0 Å². The van der Waals surface area contributed by atoms with Crippen LogP contribution in [-0.4, -0.2) is 38.9 Å². The lowest BCUT2D eigenvalue weighted by Gasteiger charge is -2.24. The molecule has 0 atom stereocenters. The molecular weight excluding hydrogens is 278 g/mol. The molecule has 5 heteroatoms. The zero-order valence-corrected chi connectivity index (χ0v) is 14.6. The van der Waals surface area contributed by atoms with Crippen molar-refractivity contribution < 1.29 is 9.47 Å². The van der Waals surface area contributed by atoms with E-state index in [2.05, 4.69) is 28.6 Å². The van der Waals surface area contributed by atoms with Gasteiger partial charge in [-0.2, -0.15) is 0 Å². The van der Waals surface area contributed by atoms with Crippen LogP contribution in [0.5, 0.6) is 5.75 Å². The minimum absolute atomic E-state index is 0.233. The first-order chi connectivity index (χ1) is 10.4. The van der Waals surface area contributed by atoms with Crippen molar-refractivity contribution in [3.63, 3.8) is 0 Å². The van der Waals surface area contributed by atoms with Gasteiger partial charge in [0.2, 0.25) is 0 Å². The van der Waals surface area contributed by atoms with Gasteiger partial charge in [-0.25, -0.2) is 4.99 Å². The lowest BCUT2D eigenvalue weighted by molar-refractivity contribution is 0.0268. The summed E-state index contributed by atoms with van der Waals surface area (Å²) in [7, 11) is 3.39. The molecule has 0 aliphatic rings. The molecule has 0 saturated heterocycles. The van der Waals surface area contributed by atoms with Gasteiger partial charge in [0.1, 0.15) is 5.75 Å². The van der Waals surface area contributed by atoms with Crippen molar-refractivity contribution in [3.05, 3.63) is 29.3 Å². The Morgan fingerprint density at radius 3 is 2.50 bits per heavy atom. The molecule has 22 heavy (non-hydrogen) atoms. The van der Waals surface area contributed by atoms with Crippen LogP contribution in [0.15, 0.2) is 23.2 Å². The number of methoxy groups -OCH3 is 2. The number of aryl methyl sites for hydroxylation is 1. The van der Waals surface area contributed by atoms with Crippen molar-refractivity contribution >= 4 is 5.96 Å². The Labute approximate surface area is 134 Å². The number of guanidine groups is 1. The first kappa shape index (κ1) is 18.3. The number of hydrogen-bond acceptors (Lipinski definition) is 3. The van der Waals surface area contributed by atoms with Gasteiger partial charge in [0.15, 0.2) is 5.96 Å². The first-order valence-corrected chi connectivity index (χ1v) is 7.62. The second-order valence-electron chi connectivity index (χ2n) is 5.87. The Balaban J connectivity index is 2.75. The highest BCUT2D eigenvalue weighted by atomic mass is 16.5. The summed E-state index contributed by atoms with van der Waals surface area (Å²) in [5, 5.41) is 6.55. The second-order valence-corrected chi connectivity index (χ2v) is 5.87. The molecule has 1 aromatic carbocycles. The molecule has 0 unspecified atom stereocenters. The molecule has 0 bridgehead atoms. The van der Waals surface area contributed by atoms with Crippen molar-refractivity contribution in [2.45, 2.75) is 39.8 Å². The Kier molecular flexibility index (Phi) is 7.18. The third kappa shape index (κ3) is 6.35. The average molecular weight is 307 g/mol. The Morgan fingerprint density at radius 2 is 1.91 bits per heavy atom. The Morgan fingerprint density at radius 1 is 1.18 bits per heavy atom. The smallest absolute Gasteiger partial charge is 0.191 e. The second kappa shape index (κ2) is 8.63. The largest absolute Gasteiger partial charge is 0.497 e. The summed E-state index contributed by atoms with van der Waals surface area (Å²) in [6.45, 7) is 10.3. The molecule has 1 aromatic rings. The van der Waals surface area contributed by atoms with E-state index in [1.54, 1.807) is 14.2 Å². The van der Waals surface area contributed by atoms with Crippen LogP contribution >= 0.6 is 0 Å². The van der Waals surface area contributed by atoms with Crippen molar-refractivity contribution in [1.82, 2.24) is 10.6 Å². The van der Waals surface area contributed by atoms with Crippen molar-refractivity contribution in [3.8, 4) is 5.75 Å². The van der Waals surface area contributed by atoms with Gasteiger partial charge >= 0.3 is 0 Å². The predicted octanol–water partition coefficient (Wildman–Crippen LogP) is 2.48. The van der Waals surface area contributed by atoms with E-state index >= 15 is 0 Å². The zero-order valence-electron chi connectivity index (χ0n) is 14.6. The lowest BCUT2D eigenvalue weighted by Crippen LogP contribution is -2.45. The van der Waals surface area contributed by atoms with E-state index in [1.165, 1.54) is 5.56 Å². The van der Waals surface area contributed by atoms with Gasteiger partial charge < -0.3 is 20.1 Å². The van der Waals surface area contributed by atoms with Crippen LogP contribution in [0.25, 0.3) is 0 Å². The summed E-state index contributed by atoms with van der Waals surface area (Å²) >= 11 is 0. The highest BCUT2D eigenvalue weighted by molar-refractivity contribution is 5.79. The lowest BCUT2D eigenvalue weighted by atomic mass is 10.1. The maximum absolute atomic E-state index is 5.41. The summed E-state index contributed by atoms with van der Waals surface area (Å²) in [6.07, 6.45) is 0. The van der Waals surface area contributed by atoms with E-state index in [0.717, 1.165) is 23.8 Å². The molecule has 0 aromatic heterocycles. The molecule has 0 fully saturated rings. The molecule has 0 aliphatic heterocycles. The van der Waals surface area contributed by atoms with Gasteiger partial charge in [0.25, 0.3) is 0 Å². The maximum atomic E-state index is 5.41. The molecule has 124 valence electrons. The van der Waals surface area contributed by atoms with Crippen LogP contribution in [0.2, 0.25) is 0 Å². The Bertz CT molecular complexity index is 499. The van der Waals surface area contributed by atoms with Gasteiger partial charge in [-0.1, -0.05) is 6.07 Å². The third-order valence-electron chi connectivity index (χ3n) is 3.34. The molecule has 0 aliphatic carbocycles. The minimum Gasteiger partial charge on any atom is -0.497 e. The van der Waals surface area contributed by atoms with Crippen LogP contribution in [0, 0.1) is 6.92 Å². The van der Waals surface area contributed by atoms with E-state index in [1.807, 2.05) is 32.9 Å². The van der Waals surface area contributed by atoms with Crippen molar-refractivity contribution in [2.24, 2.45) is 4.99 Å². The standard InChI is InChI=1S/C17H29N3O2/c1-7-18-16(20-12-17(3,4)22-6)19-11-14-8-13(2)9-15(10-14)21-5/h8-10H,7,11-12H2,1-6H3,(H2,18,19,20). The molecule has 0 spiro atoms. The summed E-state index contributed by atoms with van der Waals surface area (Å²) in [5.74, 6) is 1.65. The predicted molar refractivity (Wildman–Crippen MR) is 91.6 cm³/mol. The van der Waals surface area contributed by atoms with Gasteiger partial charge in [-0.15, -0.1) is 0 Å². The van der Waals surface area contributed by atoms with Crippen molar-refractivity contribution in [2.75, 3.05) is 27.3 Å². The van der Waals surface area contributed by atoms with Gasteiger partial charge in [-0.05, 0) is 51.0 Å². The Hall–Kier alpha value is -1.75. The minimum atomic E-state index is -0.233. The number of aliphatic imine (C=N–C) groups is 1. The van der Waals surface area contributed by atoms with E-state index < -0.39 is 0 Å². The topological polar surface area (TPSA) is 54.9 Å². The van der Waals surface area contributed by atoms with Gasteiger partial charge in [0, 0.05) is 20.2 Å². The third-order valence-corrected chi connectivity index (χ3v) is 3.34. The monoisotopic (exact) mass is 307 g/mol. The molecule has 0 saturated carbocycles. The normalized spacial score (nSPS) is 12.2.